The van der Waals surface area contributed by atoms with Gasteiger partial charge in [-0.3, -0.25) is 4.90 Å². The molecule has 2 nitrogen and oxygen atoms in total. The molecule has 1 rings (SSSR count). The Morgan fingerprint density at radius 2 is 2.42 bits per heavy atom. The van der Waals surface area contributed by atoms with Crippen molar-refractivity contribution in [3.63, 3.8) is 0 Å². The number of alkyl halides is 1. The summed E-state index contributed by atoms with van der Waals surface area (Å²) in [5, 5.41) is 0. The Morgan fingerprint density at radius 1 is 1.58 bits per heavy atom. The minimum atomic E-state index is 0.341. The number of hydrogen-bond acceptors (Lipinski definition) is 2. The summed E-state index contributed by atoms with van der Waals surface area (Å²) < 4.78 is 5.30. The molecule has 1 atom stereocenters. The smallest absolute Gasteiger partial charge is 0.0634 e. The molecule has 0 aromatic heterocycles. The van der Waals surface area contributed by atoms with Gasteiger partial charge in [0.25, 0.3) is 0 Å². The van der Waals surface area contributed by atoms with Gasteiger partial charge >= 0.3 is 0 Å². The van der Waals surface area contributed by atoms with Crippen LogP contribution in [0.1, 0.15) is 0 Å². The fourth-order valence-electron chi connectivity index (χ4n) is 1.25. The lowest BCUT2D eigenvalue weighted by Gasteiger charge is -2.33. The fourth-order valence-corrected chi connectivity index (χ4v) is 1.61. The van der Waals surface area contributed by atoms with Crippen molar-refractivity contribution in [2.75, 3.05) is 32.2 Å². The zero-order valence-electron chi connectivity index (χ0n) is 6.88. The van der Waals surface area contributed by atoms with Crippen molar-refractivity contribution in [2.24, 2.45) is 0 Å². The van der Waals surface area contributed by atoms with Crippen molar-refractivity contribution >= 4 is 23.2 Å². The lowest BCUT2D eigenvalue weighted by atomic mass is 10.2. The van der Waals surface area contributed by atoms with Crippen LogP contribution < -0.4 is 0 Å². The highest BCUT2D eigenvalue weighted by Crippen LogP contribution is 2.08. The second kappa shape index (κ2) is 5.81. The van der Waals surface area contributed by atoms with Crippen molar-refractivity contribution in [3.05, 3.63) is 11.6 Å². The van der Waals surface area contributed by atoms with E-state index in [4.69, 9.17) is 27.9 Å². The molecule has 0 aliphatic carbocycles. The summed E-state index contributed by atoms with van der Waals surface area (Å²) in [5.41, 5.74) is 1.54. The predicted molar refractivity (Wildman–Crippen MR) is 51.9 cm³/mol. The molecular weight excluding hydrogens is 197 g/mol. The van der Waals surface area contributed by atoms with E-state index in [-0.39, 0.29) is 0 Å². The summed E-state index contributed by atoms with van der Waals surface area (Å²) in [6.07, 6.45) is 1.92. The number of morpholine rings is 1. The Hall–Kier alpha value is 0.240. The van der Waals surface area contributed by atoms with E-state index in [9.17, 15) is 0 Å². The Labute approximate surface area is 83.1 Å². The van der Waals surface area contributed by atoms with Crippen molar-refractivity contribution in [3.8, 4) is 0 Å². The first-order valence-electron chi connectivity index (χ1n) is 4.01. The number of halogens is 2. The highest BCUT2D eigenvalue weighted by Gasteiger charge is 2.20. The molecule has 0 aromatic rings. The summed E-state index contributed by atoms with van der Waals surface area (Å²) in [6, 6.07) is 0.341. The summed E-state index contributed by atoms with van der Waals surface area (Å²) >= 11 is 11.2. The zero-order valence-corrected chi connectivity index (χ0v) is 8.39. The molecule has 4 heteroatoms. The number of ether oxygens (including phenoxy) is 1. The van der Waals surface area contributed by atoms with Gasteiger partial charge in [-0.25, -0.2) is 0 Å². The van der Waals surface area contributed by atoms with E-state index >= 15 is 0 Å². The third-order valence-electron chi connectivity index (χ3n) is 1.96. The van der Waals surface area contributed by atoms with Crippen LogP contribution in [-0.2, 0) is 4.74 Å². The van der Waals surface area contributed by atoms with Crippen molar-refractivity contribution in [1.29, 1.82) is 0 Å². The maximum absolute atomic E-state index is 5.78. The van der Waals surface area contributed by atoms with Gasteiger partial charge in [0, 0.05) is 30.5 Å². The number of rotatable bonds is 3. The highest BCUT2D eigenvalue weighted by atomic mass is 35.5. The van der Waals surface area contributed by atoms with Crippen LogP contribution in [0.15, 0.2) is 11.6 Å². The van der Waals surface area contributed by atoms with Gasteiger partial charge in [0.05, 0.1) is 13.2 Å². The van der Waals surface area contributed by atoms with Crippen LogP contribution in [0.2, 0.25) is 0 Å². The molecular formula is C8H13Cl2NO. The van der Waals surface area contributed by atoms with Crippen LogP contribution in [0.3, 0.4) is 0 Å². The first kappa shape index (κ1) is 10.3. The average Bonchev–Trinajstić information content (AvgIpc) is 2.15. The zero-order chi connectivity index (χ0) is 8.81. The Kier molecular flexibility index (Phi) is 5.00. The molecule has 1 heterocycles. The van der Waals surface area contributed by atoms with Crippen LogP contribution in [0.5, 0.6) is 0 Å². The lowest BCUT2D eigenvalue weighted by molar-refractivity contribution is 0.00689. The molecule has 0 N–H and O–H groups in total. The molecule has 1 fully saturated rings. The van der Waals surface area contributed by atoms with Gasteiger partial charge < -0.3 is 4.74 Å². The SMILES string of the molecule is Cl/C=C/CN1CCOCC1CCl. The quantitative estimate of drug-likeness (QED) is 0.657. The summed E-state index contributed by atoms with van der Waals surface area (Å²) in [7, 11) is 0. The maximum atomic E-state index is 5.78. The second-order valence-electron chi connectivity index (χ2n) is 2.74. The van der Waals surface area contributed by atoms with Gasteiger partial charge in [-0.2, -0.15) is 0 Å². The average molecular weight is 210 g/mol. The van der Waals surface area contributed by atoms with Crippen LogP contribution in [0, 0.1) is 0 Å². The van der Waals surface area contributed by atoms with Gasteiger partial charge in [-0.05, 0) is 0 Å². The second-order valence-corrected chi connectivity index (χ2v) is 3.30. The first-order valence-corrected chi connectivity index (χ1v) is 4.98. The molecule has 0 radical (unpaired) electrons. The van der Waals surface area contributed by atoms with E-state index in [1.807, 2.05) is 6.08 Å². The molecule has 0 saturated carbocycles. The standard InChI is InChI=1S/C8H13Cl2NO/c9-2-1-3-11-4-5-12-7-8(11)6-10/h1-2,8H,3-7H2/b2-1+. The molecule has 1 aliphatic rings. The molecule has 0 amide bonds. The van der Waals surface area contributed by atoms with E-state index in [1.165, 1.54) is 0 Å². The van der Waals surface area contributed by atoms with Crippen LogP contribution in [0.25, 0.3) is 0 Å². The van der Waals surface area contributed by atoms with Gasteiger partial charge in [-0.1, -0.05) is 17.7 Å². The van der Waals surface area contributed by atoms with Gasteiger partial charge in [0.1, 0.15) is 0 Å². The van der Waals surface area contributed by atoms with Gasteiger partial charge in [0.2, 0.25) is 0 Å². The number of nitrogens with zero attached hydrogens (tertiary/aromatic N) is 1. The summed E-state index contributed by atoms with van der Waals surface area (Å²) in [6.45, 7) is 3.34. The summed E-state index contributed by atoms with van der Waals surface area (Å²) in [4.78, 5) is 2.27. The Bertz CT molecular complexity index is 152. The monoisotopic (exact) mass is 209 g/mol. The Morgan fingerprint density at radius 3 is 3.08 bits per heavy atom. The minimum absolute atomic E-state index is 0.341. The van der Waals surface area contributed by atoms with E-state index in [0.717, 1.165) is 26.3 Å². The molecule has 0 aromatic carbocycles. The van der Waals surface area contributed by atoms with Gasteiger partial charge in [0.15, 0.2) is 0 Å². The normalized spacial score (nSPS) is 26.7. The largest absolute Gasteiger partial charge is 0.378 e. The topological polar surface area (TPSA) is 12.5 Å². The summed E-state index contributed by atoms with van der Waals surface area (Å²) in [5.74, 6) is 0.621. The van der Waals surface area contributed by atoms with E-state index in [1.54, 1.807) is 5.54 Å². The molecule has 0 bridgehead atoms. The minimum Gasteiger partial charge on any atom is -0.378 e. The first-order chi connectivity index (χ1) is 5.88. The van der Waals surface area contributed by atoms with Crippen LogP contribution in [0.4, 0.5) is 0 Å². The molecule has 0 spiro atoms. The maximum Gasteiger partial charge on any atom is 0.0634 e. The van der Waals surface area contributed by atoms with Gasteiger partial charge in [-0.15, -0.1) is 11.6 Å². The van der Waals surface area contributed by atoms with Crippen LogP contribution >= 0.6 is 23.2 Å². The van der Waals surface area contributed by atoms with E-state index in [2.05, 4.69) is 4.90 Å². The van der Waals surface area contributed by atoms with Crippen LogP contribution in [-0.4, -0.2) is 43.1 Å². The van der Waals surface area contributed by atoms with Crippen molar-refractivity contribution in [1.82, 2.24) is 4.90 Å². The molecule has 1 saturated heterocycles. The fraction of sp³-hybridized carbons (Fsp3) is 0.750. The third kappa shape index (κ3) is 2.94. The predicted octanol–water partition coefficient (Wildman–Crippen LogP) is 1.68. The van der Waals surface area contributed by atoms with Crippen molar-refractivity contribution in [2.45, 2.75) is 6.04 Å². The Balaban J connectivity index is 2.36. The van der Waals surface area contributed by atoms with E-state index < -0.39 is 0 Å². The number of hydrogen-bond donors (Lipinski definition) is 0. The third-order valence-corrected chi connectivity index (χ3v) is 2.49. The molecule has 12 heavy (non-hydrogen) atoms. The molecule has 70 valence electrons. The molecule has 1 unspecified atom stereocenters. The lowest BCUT2D eigenvalue weighted by Crippen LogP contribution is -2.46. The van der Waals surface area contributed by atoms with E-state index in [0.29, 0.717) is 11.9 Å². The van der Waals surface area contributed by atoms with Crippen molar-refractivity contribution < 1.29 is 4.74 Å². The highest BCUT2D eigenvalue weighted by molar-refractivity contribution is 6.25. The molecule has 1 aliphatic heterocycles.